The fraction of sp³-hybridized carbons (Fsp3) is 0.167. The van der Waals surface area contributed by atoms with E-state index in [0.717, 1.165) is 10.4 Å². The quantitative estimate of drug-likeness (QED) is 0.713. The van der Waals surface area contributed by atoms with Crippen LogP contribution in [0.5, 0.6) is 5.75 Å². The van der Waals surface area contributed by atoms with Crippen LogP contribution < -0.4 is 10.1 Å². The molecule has 0 saturated heterocycles. The van der Waals surface area contributed by atoms with Gasteiger partial charge in [-0.2, -0.15) is 0 Å². The van der Waals surface area contributed by atoms with Gasteiger partial charge in [-0.15, -0.1) is 11.3 Å². The monoisotopic (exact) mass is 342 g/mol. The van der Waals surface area contributed by atoms with Crippen LogP contribution in [0.25, 0.3) is 0 Å². The van der Waals surface area contributed by atoms with Gasteiger partial charge >= 0.3 is 6.03 Å². The van der Waals surface area contributed by atoms with E-state index in [-0.39, 0.29) is 6.03 Å². The Morgan fingerprint density at radius 1 is 1.25 bits per heavy atom. The van der Waals surface area contributed by atoms with Crippen LogP contribution in [0.4, 0.5) is 10.5 Å². The summed E-state index contributed by atoms with van der Waals surface area (Å²) in [6.45, 7) is 1.02. The van der Waals surface area contributed by atoms with Gasteiger partial charge in [-0.05, 0) is 29.6 Å². The van der Waals surface area contributed by atoms with Crippen molar-refractivity contribution in [1.82, 2.24) is 4.90 Å². The lowest BCUT2D eigenvalue weighted by Crippen LogP contribution is -2.33. The number of anilines is 1. The summed E-state index contributed by atoms with van der Waals surface area (Å²) in [5.41, 5.74) is 1.65. The van der Waals surface area contributed by atoms with Crippen LogP contribution in [0.15, 0.2) is 64.8 Å². The van der Waals surface area contributed by atoms with Gasteiger partial charge in [-0.25, -0.2) is 4.79 Å². The smallest absolute Gasteiger partial charge is 0.322 e. The van der Waals surface area contributed by atoms with Gasteiger partial charge < -0.3 is 19.4 Å². The van der Waals surface area contributed by atoms with E-state index < -0.39 is 0 Å². The zero-order valence-electron chi connectivity index (χ0n) is 13.3. The first kappa shape index (κ1) is 16.1. The van der Waals surface area contributed by atoms with E-state index in [9.17, 15) is 4.79 Å². The van der Waals surface area contributed by atoms with Crippen molar-refractivity contribution in [2.45, 2.75) is 13.1 Å². The molecule has 0 atom stereocenters. The predicted octanol–water partition coefficient (Wildman–Crippen LogP) is 4.58. The first-order chi connectivity index (χ1) is 11.7. The van der Waals surface area contributed by atoms with Crippen LogP contribution in [-0.4, -0.2) is 18.0 Å². The summed E-state index contributed by atoms with van der Waals surface area (Å²) in [6.07, 6.45) is 3.26. The Morgan fingerprint density at radius 3 is 2.88 bits per heavy atom. The van der Waals surface area contributed by atoms with Gasteiger partial charge in [0.05, 0.1) is 32.7 Å². The van der Waals surface area contributed by atoms with E-state index >= 15 is 0 Å². The normalized spacial score (nSPS) is 10.4. The SMILES string of the molecule is COc1cccc(NC(=O)N(Cc2ccoc2)Cc2cccs2)c1. The summed E-state index contributed by atoms with van der Waals surface area (Å²) < 4.78 is 10.3. The molecule has 24 heavy (non-hydrogen) atoms. The highest BCUT2D eigenvalue weighted by Crippen LogP contribution is 2.19. The van der Waals surface area contributed by atoms with Crippen molar-refractivity contribution in [1.29, 1.82) is 0 Å². The average molecular weight is 342 g/mol. The third-order valence-corrected chi connectivity index (χ3v) is 4.35. The van der Waals surface area contributed by atoms with Crippen LogP contribution in [-0.2, 0) is 13.1 Å². The number of amides is 2. The Balaban J connectivity index is 1.74. The molecule has 0 radical (unpaired) electrons. The molecule has 5 nitrogen and oxygen atoms in total. The molecule has 2 aromatic heterocycles. The number of carbonyl (C=O) groups is 1. The Bertz CT molecular complexity index is 733. The maximum absolute atomic E-state index is 12.7. The first-order valence-electron chi connectivity index (χ1n) is 7.48. The minimum Gasteiger partial charge on any atom is -0.497 e. The molecule has 2 heterocycles. The lowest BCUT2D eigenvalue weighted by Gasteiger charge is -2.22. The number of thiophene rings is 1. The van der Waals surface area contributed by atoms with E-state index in [1.807, 2.05) is 41.8 Å². The summed E-state index contributed by atoms with van der Waals surface area (Å²) in [7, 11) is 1.60. The second-order valence-corrected chi connectivity index (χ2v) is 6.26. The van der Waals surface area contributed by atoms with Crippen LogP contribution in [0.1, 0.15) is 10.4 Å². The van der Waals surface area contributed by atoms with E-state index in [1.54, 1.807) is 41.9 Å². The summed E-state index contributed by atoms with van der Waals surface area (Å²) in [5.74, 6) is 0.701. The molecule has 0 unspecified atom stereocenters. The van der Waals surface area contributed by atoms with E-state index in [0.29, 0.717) is 24.5 Å². The summed E-state index contributed by atoms with van der Waals surface area (Å²) in [4.78, 5) is 15.6. The second kappa shape index (κ2) is 7.70. The van der Waals surface area contributed by atoms with Gasteiger partial charge in [0.15, 0.2) is 0 Å². The summed E-state index contributed by atoms with van der Waals surface area (Å²) >= 11 is 1.63. The number of benzene rings is 1. The number of urea groups is 1. The topological polar surface area (TPSA) is 54.7 Å². The van der Waals surface area contributed by atoms with Crippen molar-refractivity contribution in [3.8, 4) is 5.75 Å². The van der Waals surface area contributed by atoms with Gasteiger partial charge in [0.25, 0.3) is 0 Å². The number of hydrogen-bond donors (Lipinski definition) is 1. The van der Waals surface area contributed by atoms with E-state index in [4.69, 9.17) is 9.15 Å². The predicted molar refractivity (Wildman–Crippen MR) is 94.3 cm³/mol. The zero-order chi connectivity index (χ0) is 16.8. The lowest BCUT2D eigenvalue weighted by atomic mass is 10.3. The maximum atomic E-state index is 12.7. The molecule has 0 aliphatic carbocycles. The molecule has 0 aliphatic heterocycles. The van der Waals surface area contributed by atoms with Crippen molar-refractivity contribution < 1.29 is 13.9 Å². The highest BCUT2D eigenvalue weighted by atomic mass is 32.1. The third kappa shape index (κ3) is 4.17. The Kier molecular flexibility index (Phi) is 5.18. The maximum Gasteiger partial charge on any atom is 0.322 e. The number of hydrogen-bond acceptors (Lipinski definition) is 4. The second-order valence-electron chi connectivity index (χ2n) is 5.23. The number of furan rings is 1. The molecule has 1 aromatic carbocycles. The molecule has 124 valence electrons. The molecule has 6 heteroatoms. The molecular formula is C18H18N2O3S. The van der Waals surface area contributed by atoms with Gasteiger partial charge in [0, 0.05) is 22.2 Å². The number of rotatable bonds is 6. The summed E-state index contributed by atoms with van der Waals surface area (Å²) in [6, 6.07) is 13.0. The number of nitrogens with zero attached hydrogens (tertiary/aromatic N) is 1. The largest absolute Gasteiger partial charge is 0.497 e. The van der Waals surface area contributed by atoms with Gasteiger partial charge in [-0.1, -0.05) is 12.1 Å². The van der Waals surface area contributed by atoms with E-state index in [2.05, 4.69) is 5.32 Å². The molecule has 2 amide bonds. The van der Waals surface area contributed by atoms with Crippen LogP contribution in [0.2, 0.25) is 0 Å². The van der Waals surface area contributed by atoms with Crippen molar-refractivity contribution in [3.63, 3.8) is 0 Å². The Morgan fingerprint density at radius 2 is 2.17 bits per heavy atom. The van der Waals surface area contributed by atoms with E-state index in [1.165, 1.54) is 0 Å². The van der Waals surface area contributed by atoms with Crippen LogP contribution >= 0.6 is 11.3 Å². The fourth-order valence-corrected chi connectivity index (χ4v) is 3.02. The molecule has 0 aliphatic rings. The zero-order valence-corrected chi connectivity index (χ0v) is 14.1. The van der Waals surface area contributed by atoms with Gasteiger partial charge in [0.1, 0.15) is 5.75 Å². The number of nitrogens with one attached hydrogen (secondary N) is 1. The van der Waals surface area contributed by atoms with Gasteiger partial charge in [-0.3, -0.25) is 0 Å². The van der Waals surface area contributed by atoms with Crippen molar-refractivity contribution >= 4 is 23.1 Å². The molecule has 0 bridgehead atoms. The molecule has 3 aromatic rings. The van der Waals surface area contributed by atoms with Crippen molar-refractivity contribution in [2.24, 2.45) is 0 Å². The first-order valence-corrected chi connectivity index (χ1v) is 8.36. The van der Waals surface area contributed by atoms with Crippen LogP contribution in [0.3, 0.4) is 0 Å². The minimum atomic E-state index is -0.169. The van der Waals surface area contributed by atoms with Crippen molar-refractivity contribution in [2.75, 3.05) is 12.4 Å². The number of carbonyl (C=O) groups excluding carboxylic acids is 1. The minimum absolute atomic E-state index is 0.169. The number of ether oxygens (including phenoxy) is 1. The molecule has 0 fully saturated rings. The summed E-state index contributed by atoms with van der Waals surface area (Å²) in [5, 5.41) is 4.93. The Hall–Kier alpha value is -2.73. The molecule has 0 spiro atoms. The Labute approximate surface area is 144 Å². The highest BCUT2D eigenvalue weighted by molar-refractivity contribution is 7.09. The molecule has 0 saturated carbocycles. The van der Waals surface area contributed by atoms with Crippen molar-refractivity contribution in [3.05, 3.63) is 70.8 Å². The number of methoxy groups -OCH3 is 1. The standard InChI is InChI=1S/C18H18N2O3S/c1-22-16-5-2-4-15(10-16)19-18(21)20(11-14-7-8-23-13-14)12-17-6-3-9-24-17/h2-10,13H,11-12H2,1H3,(H,19,21). The van der Waals surface area contributed by atoms with Crippen LogP contribution in [0, 0.1) is 0 Å². The average Bonchev–Trinajstić information content (AvgIpc) is 3.28. The molecule has 1 N–H and O–H groups in total. The van der Waals surface area contributed by atoms with Gasteiger partial charge in [0.2, 0.25) is 0 Å². The fourth-order valence-electron chi connectivity index (χ4n) is 2.30. The highest BCUT2D eigenvalue weighted by Gasteiger charge is 2.16. The lowest BCUT2D eigenvalue weighted by molar-refractivity contribution is 0.207. The molecule has 3 rings (SSSR count). The molecular weight excluding hydrogens is 324 g/mol. The third-order valence-electron chi connectivity index (χ3n) is 3.49.